The van der Waals surface area contributed by atoms with Crippen molar-refractivity contribution in [3.63, 3.8) is 0 Å². The highest BCUT2D eigenvalue weighted by atomic mass is 15.1. The highest BCUT2D eigenvalue weighted by Crippen LogP contribution is 2.25. The van der Waals surface area contributed by atoms with Gasteiger partial charge in [0.05, 0.1) is 11.4 Å². The Morgan fingerprint density at radius 1 is 1.33 bits per heavy atom. The van der Waals surface area contributed by atoms with Crippen molar-refractivity contribution in [2.75, 3.05) is 0 Å². The van der Waals surface area contributed by atoms with Crippen LogP contribution in [0.25, 0.3) is 0 Å². The normalized spacial score (nSPS) is 29.1. The molecular weight excluding hydrogens is 222 g/mol. The van der Waals surface area contributed by atoms with Crippen LogP contribution < -0.4 is 5.84 Å². The monoisotopic (exact) mass is 245 g/mol. The largest absolute Gasteiger partial charge is 0.323 e. The zero-order chi connectivity index (χ0) is 13.5. The number of hydrogen-bond donors (Lipinski definition) is 2. The van der Waals surface area contributed by atoms with E-state index in [1.807, 2.05) is 19.1 Å². The van der Waals surface area contributed by atoms with Crippen molar-refractivity contribution >= 4 is 11.4 Å². The molecule has 0 aromatic heterocycles. The second-order valence-corrected chi connectivity index (χ2v) is 4.82. The first-order chi connectivity index (χ1) is 8.62. The number of allylic oxidation sites excluding steroid dienone is 5. The van der Waals surface area contributed by atoms with E-state index in [1.165, 1.54) is 11.1 Å². The Kier molecular flexibility index (Phi) is 5.56. The molecule has 0 heterocycles. The molecule has 0 amide bonds. The molecule has 0 spiro atoms. The lowest BCUT2D eigenvalue weighted by atomic mass is 9.93. The maximum absolute atomic E-state index is 8.03. The van der Waals surface area contributed by atoms with Crippen LogP contribution in [-0.2, 0) is 0 Å². The van der Waals surface area contributed by atoms with Gasteiger partial charge < -0.3 is 11.3 Å². The van der Waals surface area contributed by atoms with Crippen molar-refractivity contribution in [1.29, 1.82) is 5.41 Å². The van der Waals surface area contributed by atoms with Crippen molar-refractivity contribution in [2.24, 2.45) is 16.9 Å². The molecule has 3 N–H and O–H groups in total. The van der Waals surface area contributed by atoms with Gasteiger partial charge >= 0.3 is 0 Å². The molecule has 98 valence electrons. The van der Waals surface area contributed by atoms with Gasteiger partial charge in [0, 0.05) is 0 Å². The van der Waals surface area contributed by atoms with Crippen molar-refractivity contribution in [3.05, 3.63) is 36.0 Å². The minimum atomic E-state index is 0.417. The summed E-state index contributed by atoms with van der Waals surface area (Å²) < 4.78 is 0. The number of nitrogens with two attached hydrogens (primary N) is 1. The number of hydrazone groups is 1. The van der Waals surface area contributed by atoms with Gasteiger partial charge in [-0.1, -0.05) is 31.7 Å². The summed E-state index contributed by atoms with van der Waals surface area (Å²) in [4.78, 5) is 0. The van der Waals surface area contributed by atoms with Crippen LogP contribution in [0.5, 0.6) is 0 Å². The lowest BCUT2D eigenvalue weighted by Gasteiger charge is -2.12. The fourth-order valence-electron chi connectivity index (χ4n) is 2.36. The Balaban J connectivity index is 3.09. The highest BCUT2D eigenvalue weighted by molar-refractivity contribution is 6.41. The maximum Gasteiger partial charge on any atom is 0.0811 e. The van der Waals surface area contributed by atoms with Gasteiger partial charge in [-0.3, -0.25) is 0 Å². The Morgan fingerprint density at radius 3 is 2.61 bits per heavy atom. The predicted octanol–water partition coefficient (Wildman–Crippen LogP) is 3.59. The Hall–Kier alpha value is -1.64. The van der Waals surface area contributed by atoms with Gasteiger partial charge in [0.1, 0.15) is 0 Å². The quantitative estimate of drug-likeness (QED) is 0.566. The van der Waals surface area contributed by atoms with Gasteiger partial charge in [-0.05, 0) is 49.7 Å². The van der Waals surface area contributed by atoms with E-state index in [4.69, 9.17) is 11.3 Å². The van der Waals surface area contributed by atoms with Crippen LogP contribution >= 0.6 is 0 Å². The number of hydrogen-bond acceptors (Lipinski definition) is 3. The molecule has 1 atom stereocenters. The Labute approximate surface area is 110 Å². The van der Waals surface area contributed by atoms with Crippen LogP contribution in [0.3, 0.4) is 0 Å². The molecule has 1 aliphatic rings. The standard InChI is InChI=1S/C15H23N3/c1-4-6-13-7-8-15(18-17)14(16)10-11(3)9-12(13)5-2/h4-6,11,16H,2,7-10,17H2,1,3H3/b6-4-,13-12-,16-14?,18-15-. The van der Waals surface area contributed by atoms with Crippen LogP contribution in [0.2, 0.25) is 0 Å². The van der Waals surface area contributed by atoms with Gasteiger partial charge in [0.2, 0.25) is 0 Å². The fourth-order valence-corrected chi connectivity index (χ4v) is 2.36. The van der Waals surface area contributed by atoms with Gasteiger partial charge in [-0.2, -0.15) is 5.10 Å². The summed E-state index contributed by atoms with van der Waals surface area (Å²) in [6.45, 7) is 8.09. The second-order valence-electron chi connectivity index (χ2n) is 4.82. The van der Waals surface area contributed by atoms with Crippen LogP contribution in [-0.4, -0.2) is 11.4 Å². The SMILES string of the molecule is C=C/C1=C(\C=C/C)CC/C(=N/N)C(=N)CC(C)C1. The molecular formula is C15H23N3. The minimum absolute atomic E-state index is 0.417. The third-order valence-corrected chi connectivity index (χ3v) is 3.28. The molecule has 0 radical (unpaired) electrons. The van der Waals surface area contributed by atoms with Gasteiger partial charge in [-0.15, -0.1) is 0 Å². The minimum Gasteiger partial charge on any atom is -0.323 e. The Bertz CT molecular complexity index is 413. The summed E-state index contributed by atoms with van der Waals surface area (Å²) in [5.41, 5.74) is 3.88. The molecule has 3 nitrogen and oxygen atoms in total. The molecule has 0 aliphatic heterocycles. The highest BCUT2D eigenvalue weighted by Gasteiger charge is 2.17. The topological polar surface area (TPSA) is 62.2 Å². The first kappa shape index (κ1) is 14.4. The molecule has 0 saturated heterocycles. The van der Waals surface area contributed by atoms with E-state index in [0.717, 1.165) is 31.4 Å². The van der Waals surface area contributed by atoms with E-state index in [1.54, 1.807) is 0 Å². The van der Waals surface area contributed by atoms with Gasteiger partial charge in [0.15, 0.2) is 0 Å². The fraction of sp³-hybridized carbons (Fsp3) is 0.467. The Morgan fingerprint density at radius 2 is 2.06 bits per heavy atom. The lowest BCUT2D eigenvalue weighted by molar-refractivity contribution is 0.607. The van der Waals surface area contributed by atoms with E-state index < -0.39 is 0 Å². The molecule has 3 heteroatoms. The van der Waals surface area contributed by atoms with E-state index >= 15 is 0 Å². The zero-order valence-corrected chi connectivity index (χ0v) is 11.4. The van der Waals surface area contributed by atoms with E-state index in [2.05, 4.69) is 24.7 Å². The molecule has 0 aromatic rings. The van der Waals surface area contributed by atoms with Crippen LogP contribution in [0.15, 0.2) is 41.1 Å². The molecule has 1 aliphatic carbocycles. The third kappa shape index (κ3) is 3.69. The van der Waals surface area contributed by atoms with Crippen molar-refractivity contribution in [1.82, 2.24) is 0 Å². The van der Waals surface area contributed by atoms with Crippen LogP contribution in [0.4, 0.5) is 0 Å². The predicted molar refractivity (Wildman–Crippen MR) is 79.0 cm³/mol. The van der Waals surface area contributed by atoms with E-state index in [0.29, 0.717) is 11.6 Å². The van der Waals surface area contributed by atoms with Crippen LogP contribution in [0, 0.1) is 11.3 Å². The summed E-state index contributed by atoms with van der Waals surface area (Å²) >= 11 is 0. The molecule has 0 saturated carbocycles. The molecule has 0 bridgehead atoms. The van der Waals surface area contributed by atoms with Crippen molar-refractivity contribution < 1.29 is 0 Å². The summed E-state index contributed by atoms with van der Waals surface area (Å²) in [5, 5.41) is 11.8. The maximum atomic E-state index is 8.03. The van der Waals surface area contributed by atoms with Gasteiger partial charge in [0.25, 0.3) is 0 Å². The molecule has 1 unspecified atom stereocenters. The first-order valence-electron chi connectivity index (χ1n) is 6.44. The van der Waals surface area contributed by atoms with Crippen molar-refractivity contribution in [3.8, 4) is 0 Å². The first-order valence-corrected chi connectivity index (χ1v) is 6.44. The molecule has 0 aromatic carbocycles. The molecule has 1 rings (SSSR count). The van der Waals surface area contributed by atoms with E-state index in [9.17, 15) is 0 Å². The number of nitrogens with one attached hydrogen (secondary N) is 1. The summed E-state index contributed by atoms with van der Waals surface area (Å²) in [7, 11) is 0. The third-order valence-electron chi connectivity index (χ3n) is 3.28. The van der Waals surface area contributed by atoms with Gasteiger partial charge in [-0.25, -0.2) is 0 Å². The summed E-state index contributed by atoms with van der Waals surface area (Å²) in [5.74, 6) is 5.81. The molecule has 0 fully saturated rings. The number of nitrogens with zero attached hydrogens (tertiary/aromatic N) is 1. The average Bonchev–Trinajstić information content (AvgIpc) is 2.39. The zero-order valence-electron chi connectivity index (χ0n) is 11.4. The van der Waals surface area contributed by atoms with Crippen molar-refractivity contribution in [2.45, 2.75) is 39.5 Å². The number of rotatable bonds is 2. The smallest absolute Gasteiger partial charge is 0.0811 e. The lowest BCUT2D eigenvalue weighted by Crippen LogP contribution is -2.17. The summed E-state index contributed by atoms with van der Waals surface area (Å²) in [6, 6.07) is 0. The van der Waals surface area contributed by atoms with E-state index in [-0.39, 0.29) is 0 Å². The summed E-state index contributed by atoms with van der Waals surface area (Å²) in [6.07, 6.45) is 9.43. The average molecular weight is 245 g/mol. The second kappa shape index (κ2) is 6.94. The van der Waals surface area contributed by atoms with Crippen LogP contribution in [0.1, 0.15) is 39.5 Å². The molecule has 18 heavy (non-hydrogen) atoms.